The maximum absolute atomic E-state index is 14.4. The first-order valence-electron chi connectivity index (χ1n) is 11.6. The Morgan fingerprint density at radius 2 is 1.79 bits per heavy atom. The molecule has 0 bridgehead atoms. The lowest BCUT2D eigenvalue weighted by atomic mass is 10.0. The summed E-state index contributed by atoms with van der Waals surface area (Å²) in [6, 6.07) is 6.98. The molecule has 2 heterocycles. The van der Waals surface area contributed by atoms with E-state index in [-0.39, 0.29) is 35.0 Å². The van der Waals surface area contributed by atoms with Crippen LogP contribution in [-0.4, -0.2) is 35.2 Å². The Morgan fingerprint density at radius 1 is 1.08 bits per heavy atom. The number of hydrogen-bond acceptors (Lipinski definition) is 7. The van der Waals surface area contributed by atoms with Crippen LogP contribution in [0.3, 0.4) is 0 Å². The van der Waals surface area contributed by atoms with E-state index >= 15 is 0 Å². The summed E-state index contributed by atoms with van der Waals surface area (Å²) < 4.78 is 71.4. The van der Waals surface area contributed by atoms with Gasteiger partial charge in [-0.1, -0.05) is 6.07 Å². The molecule has 200 valence electrons. The van der Waals surface area contributed by atoms with Crippen LogP contribution in [0.4, 0.5) is 19.0 Å². The Kier molecular flexibility index (Phi) is 6.51. The Bertz CT molecular complexity index is 1780. The van der Waals surface area contributed by atoms with Gasteiger partial charge in [0, 0.05) is 48.1 Å². The number of carbonyl (C=O) groups excluding carboxylic acids is 1. The first-order valence-corrected chi connectivity index (χ1v) is 13.6. The van der Waals surface area contributed by atoms with E-state index in [0.717, 1.165) is 24.5 Å². The van der Waals surface area contributed by atoms with E-state index in [9.17, 15) is 26.4 Å². The fraction of sp³-hybridized carbons (Fsp3) is 0.148. The highest BCUT2D eigenvalue weighted by Crippen LogP contribution is 2.32. The van der Waals surface area contributed by atoms with Crippen molar-refractivity contribution in [2.24, 2.45) is 0 Å². The molecule has 1 aliphatic carbocycles. The second-order valence-electron chi connectivity index (χ2n) is 9.26. The SMILES string of the molecule is Cc1cc(Oc2cc(F)cc(F)c2)ncc1-n1ncc(C(=O)C2=Cc3cc(F)c(CS(C)(=O)=O)cc3C2)c1N. The van der Waals surface area contributed by atoms with Crippen molar-refractivity contribution in [3.8, 4) is 17.3 Å². The predicted molar refractivity (Wildman–Crippen MR) is 138 cm³/mol. The van der Waals surface area contributed by atoms with Crippen LogP contribution < -0.4 is 10.5 Å². The highest BCUT2D eigenvalue weighted by atomic mass is 32.2. The minimum absolute atomic E-state index is 0.0450. The van der Waals surface area contributed by atoms with Crippen LogP contribution in [0.1, 0.15) is 32.6 Å². The second-order valence-corrected chi connectivity index (χ2v) is 11.4. The van der Waals surface area contributed by atoms with E-state index in [0.29, 0.717) is 28.0 Å². The fourth-order valence-electron chi connectivity index (χ4n) is 4.36. The zero-order valence-electron chi connectivity index (χ0n) is 20.7. The minimum atomic E-state index is -3.44. The fourth-order valence-corrected chi connectivity index (χ4v) is 5.15. The van der Waals surface area contributed by atoms with Crippen molar-refractivity contribution in [1.29, 1.82) is 0 Å². The zero-order chi connectivity index (χ0) is 28.1. The standard InChI is InChI=1S/C27H21F3N4O4S/c1-14-3-25(38-21-9-19(28)8-20(29)10-21)32-12-24(14)34-27(31)22(11-33-34)26(35)17-4-15-6-18(13-39(2,36)37)23(30)7-16(15)5-17/h3,5-12H,4,13,31H2,1-2H3. The van der Waals surface area contributed by atoms with Gasteiger partial charge in [-0.3, -0.25) is 4.79 Å². The molecule has 0 radical (unpaired) electrons. The van der Waals surface area contributed by atoms with Gasteiger partial charge in [-0.15, -0.1) is 0 Å². The number of fused-ring (bicyclic) bond motifs is 1. The average molecular weight is 555 g/mol. The molecule has 0 unspecified atom stereocenters. The number of halogens is 3. The number of nitrogens with two attached hydrogens (primary N) is 1. The van der Waals surface area contributed by atoms with Gasteiger partial charge < -0.3 is 10.5 Å². The Morgan fingerprint density at radius 3 is 2.46 bits per heavy atom. The number of ether oxygens (including phenoxy) is 1. The van der Waals surface area contributed by atoms with Gasteiger partial charge in [0.2, 0.25) is 5.88 Å². The Hall–Kier alpha value is -4.45. The van der Waals surface area contributed by atoms with E-state index < -0.39 is 38.8 Å². The number of benzene rings is 2. The van der Waals surface area contributed by atoms with Crippen LogP contribution in [0.25, 0.3) is 11.8 Å². The number of sulfone groups is 1. The quantitative estimate of drug-likeness (QED) is 0.328. The number of hydrogen-bond donors (Lipinski definition) is 1. The number of pyridine rings is 1. The summed E-state index contributed by atoms with van der Waals surface area (Å²) in [5.41, 5.74) is 8.98. The van der Waals surface area contributed by atoms with E-state index in [4.69, 9.17) is 10.5 Å². The zero-order valence-corrected chi connectivity index (χ0v) is 21.5. The number of anilines is 1. The number of aromatic nitrogens is 3. The van der Waals surface area contributed by atoms with Crippen LogP contribution in [-0.2, 0) is 22.0 Å². The van der Waals surface area contributed by atoms with Gasteiger partial charge in [0.05, 0.1) is 29.4 Å². The summed E-state index contributed by atoms with van der Waals surface area (Å²) in [4.78, 5) is 17.4. The van der Waals surface area contributed by atoms with Crippen molar-refractivity contribution >= 4 is 27.5 Å². The maximum atomic E-state index is 14.4. The average Bonchev–Trinajstić information content (AvgIpc) is 3.40. The molecule has 0 saturated heterocycles. The van der Waals surface area contributed by atoms with Crippen LogP contribution in [0, 0.1) is 24.4 Å². The number of nitrogens with zero attached hydrogens (tertiary/aromatic N) is 3. The summed E-state index contributed by atoms with van der Waals surface area (Å²) in [6.07, 6.45) is 5.47. The molecule has 0 fully saturated rings. The van der Waals surface area contributed by atoms with E-state index in [2.05, 4.69) is 10.1 Å². The third-order valence-corrected chi connectivity index (χ3v) is 6.96. The number of rotatable bonds is 7. The van der Waals surface area contributed by atoms with Gasteiger partial charge in [-0.25, -0.2) is 31.3 Å². The highest BCUT2D eigenvalue weighted by molar-refractivity contribution is 7.89. The highest BCUT2D eigenvalue weighted by Gasteiger charge is 2.26. The largest absolute Gasteiger partial charge is 0.439 e. The summed E-state index contributed by atoms with van der Waals surface area (Å²) in [5, 5.41) is 4.23. The summed E-state index contributed by atoms with van der Waals surface area (Å²) in [5.74, 6) is -3.02. The summed E-state index contributed by atoms with van der Waals surface area (Å²) in [6.45, 7) is 1.72. The molecule has 0 atom stereocenters. The maximum Gasteiger partial charge on any atom is 0.219 e. The lowest BCUT2D eigenvalue weighted by Crippen LogP contribution is -2.09. The number of ketones is 1. The van der Waals surface area contributed by atoms with Gasteiger partial charge in [-0.2, -0.15) is 5.10 Å². The molecule has 12 heteroatoms. The second kappa shape index (κ2) is 9.70. The van der Waals surface area contributed by atoms with Crippen molar-refractivity contribution in [1.82, 2.24) is 14.8 Å². The summed E-state index contributed by atoms with van der Waals surface area (Å²) >= 11 is 0. The van der Waals surface area contributed by atoms with Gasteiger partial charge in [-0.05, 0) is 35.8 Å². The summed E-state index contributed by atoms with van der Waals surface area (Å²) in [7, 11) is -3.44. The van der Waals surface area contributed by atoms with Crippen molar-refractivity contribution in [3.63, 3.8) is 0 Å². The molecule has 1 aliphatic rings. The van der Waals surface area contributed by atoms with E-state index in [1.807, 2.05) is 0 Å². The number of nitrogen functional groups attached to an aromatic ring is 1. The van der Waals surface area contributed by atoms with Crippen LogP contribution in [0.15, 0.2) is 54.4 Å². The predicted octanol–water partition coefficient (Wildman–Crippen LogP) is 4.73. The molecule has 0 amide bonds. The third-order valence-electron chi connectivity index (χ3n) is 6.12. The smallest absolute Gasteiger partial charge is 0.219 e. The minimum Gasteiger partial charge on any atom is -0.439 e. The molecule has 0 aliphatic heterocycles. The van der Waals surface area contributed by atoms with E-state index in [1.165, 1.54) is 35.3 Å². The topological polar surface area (TPSA) is 117 Å². The van der Waals surface area contributed by atoms with Gasteiger partial charge in [0.1, 0.15) is 29.0 Å². The van der Waals surface area contributed by atoms with Crippen LogP contribution in [0.2, 0.25) is 0 Å². The molecule has 2 N–H and O–H groups in total. The van der Waals surface area contributed by atoms with Gasteiger partial charge >= 0.3 is 0 Å². The number of carbonyl (C=O) groups is 1. The van der Waals surface area contributed by atoms with Crippen molar-refractivity contribution in [2.45, 2.75) is 19.1 Å². The number of Topliss-reactive ketones (excluding diaryl/α,β-unsaturated/α-hetero) is 1. The van der Waals surface area contributed by atoms with Crippen LogP contribution in [0.5, 0.6) is 11.6 Å². The molecular weight excluding hydrogens is 533 g/mol. The number of allylic oxidation sites excluding steroid dienone is 1. The number of aryl methyl sites for hydroxylation is 1. The molecule has 39 heavy (non-hydrogen) atoms. The van der Waals surface area contributed by atoms with Crippen molar-refractivity contribution < 1.29 is 31.1 Å². The van der Waals surface area contributed by atoms with E-state index in [1.54, 1.807) is 13.0 Å². The molecule has 0 saturated carbocycles. The Labute approximate surface area is 221 Å². The third kappa shape index (κ3) is 5.41. The van der Waals surface area contributed by atoms with Gasteiger partial charge in [0.25, 0.3) is 0 Å². The first-order chi connectivity index (χ1) is 18.4. The van der Waals surface area contributed by atoms with Gasteiger partial charge in [0.15, 0.2) is 15.6 Å². The molecule has 8 nitrogen and oxygen atoms in total. The van der Waals surface area contributed by atoms with Crippen LogP contribution >= 0.6 is 0 Å². The first kappa shape index (κ1) is 26.2. The molecule has 4 aromatic rings. The Balaban J connectivity index is 1.37. The van der Waals surface area contributed by atoms with Crippen molar-refractivity contribution in [2.75, 3.05) is 12.0 Å². The van der Waals surface area contributed by atoms with Crippen molar-refractivity contribution in [3.05, 3.63) is 99.6 Å². The molecule has 0 spiro atoms. The molecular formula is C27H21F3N4O4S. The molecule has 2 aromatic carbocycles. The lowest BCUT2D eigenvalue weighted by molar-refractivity contribution is 0.103. The molecule has 5 rings (SSSR count). The molecule has 2 aromatic heterocycles. The monoisotopic (exact) mass is 554 g/mol. The lowest BCUT2D eigenvalue weighted by Gasteiger charge is -2.11. The normalized spacial score (nSPS) is 12.8.